The summed E-state index contributed by atoms with van der Waals surface area (Å²) in [5.74, 6) is -0.706. The molecule has 4 nitrogen and oxygen atoms in total. The molecule has 0 amide bonds. The summed E-state index contributed by atoms with van der Waals surface area (Å²) >= 11 is 0. The van der Waals surface area contributed by atoms with Crippen LogP contribution in [0.4, 0.5) is 14.6 Å². The number of halogens is 2. The molecule has 1 aromatic heterocycles. The second-order valence-electron chi connectivity index (χ2n) is 5.44. The average molecular weight is 294 g/mol. The predicted molar refractivity (Wildman–Crippen MR) is 73.6 cm³/mol. The fraction of sp³-hybridized carbons (Fsp3) is 0.400. The molecule has 1 saturated carbocycles. The first-order valence-electron chi connectivity index (χ1n) is 6.79. The number of benzene rings is 1. The molecule has 0 atom stereocenters. The summed E-state index contributed by atoms with van der Waals surface area (Å²) in [5.41, 5.74) is 6.28. The van der Waals surface area contributed by atoms with Gasteiger partial charge in [0.05, 0.1) is 11.2 Å². The van der Waals surface area contributed by atoms with Gasteiger partial charge in [-0.25, -0.2) is 8.78 Å². The van der Waals surface area contributed by atoms with Gasteiger partial charge in [-0.15, -0.1) is 0 Å². The van der Waals surface area contributed by atoms with E-state index in [9.17, 15) is 8.78 Å². The monoisotopic (exact) mass is 294 g/mol. The first kappa shape index (κ1) is 14.0. The zero-order chi connectivity index (χ0) is 15.0. The Morgan fingerprint density at radius 2 is 1.95 bits per heavy atom. The Morgan fingerprint density at radius 3 is 2.48 bits per heavy atom. The van der Waals surface area contributed by atoms with Crippen molar-refractivity contribution in [2.24, 2.45) is 0 Å². The van der Waals surface area contributed by atoms with Crippen LogP contribution in [0.25, 0.3) is 11.1 Å². The van der Waals surface area contributed by atoms with E-state index in [-0.39, 0.29) is 11.4 Å². The molecule has 0 aliphatic heterocycles. The number of nitrogens with two attached hydrogens (primary N) is 1. The lowest BCUT2D eigenvalue weighted by Crippen LogP contribution is -2.41. The van der Waals surface area contributed by atoms with Crippen LogP contribution in [0.15, 0.2) is 22.7 Å². The summed E-state index contributed by atoms with van der Waals surface area (Å²) in [4.78, 5) is 0. The molecular weight excluding hydrogens is 278 g/mol. The zero-order valence-electron chi connectivity index (χ0n) is 11.7. The minimum atomic E-state index is -0.665. The van der Waals surface area contributed by atoms with Crippen molar-refractivity contribution in [2.75, 3.05) is 12.8 Å². The van der Waals surface area contributed by atoms with E-state index in [0.717, 1.165) is 25.3 Å². The van der Waals surface area contributed by atoms with Crippen LogP contribution in [0.1, 0.15) is 25.0 Å². The van der Waals surface area contributed by atoms with Crippen molar-refractivity contribution in [3.63, 3.8) is 0 Å². The quantitative estimate of drug-likeness (QED) is 0.939. The molecular formula is C15H16F2N2O2. The molecule has 0 spiro atoms. The number of ether oxygens (including phenoxy) is 1. The van der Waals surface area contributed by atoms with Crippen LogP contribution in [0.5, 0.6) is 0 Å². The molecule has 1 fully saturated rings. The number of hydrogen-bond acceptors (Lipinski definition) is 4. The summed E-state index contributed by atoms with van der Waals surface area (Å²) in [5, 5.41) is 3.73. The maximum Gasteiger partial charge on any atom is 0.175 e. The Balaban J connectivity index is 2.00. The molecule has 2 aromatic rings. The lowest BCUT2D eigenvalue weighted by molar-refractivity contribution is -0.0742. The molecule has 0 radical (unpaired) electrons. The van der Waals surface area contributed by atoms with E-state index in [1.54, 1.807) is 7.11 Å². The Morgan fingerprint density at radius 1 is 1.29 bits per heavy atom. The molecule has 6 heteroatoms. The van der Waals surface area contributed by atoms with E-state index in [1.807, 2.05) is 0 Å². The molecule has 0 unspecified atom stereocenters. The number of aromatic nitrogens is 1. The summed E-state index contributed by atoms with van der Waals surface area (Å²) < 4.78 is 37.6. The van der Waals surface area contributed by atoms with Crippen molar-refractivity contribution in [1.82, 2.24) is 5.16 Å². The van der Waals surface area contributed by atoms with Gasteiger partial charge in [0.25, 0.3) is 0 Å². The highest BCUT2D eigenvalue weighted by Crippen LogP contribution is 2.41. The van der Waals surface area contributed by atoms with Gasteiger partial charge in [0.15, 0.2) is 5.82 Å². The third-order valence-electron chi connectivity index (χ3n) is 4.12. The molecule has 0 bridgehead atoms. The van der Waals surface area contributed by atoms with Crippen LogP contribution >= 0.6 is 0 Å². The molecule has 1 aromatic carbocycles. The molecule has 1 aliphatic carbocycles. The number of anilines is 1. The van der Waals surface area contributed by atoms with Gasteiger partial charge in [0.2, 0.25) is 0 Å². The Kier molecular flexibility index (Phi) is 3.41. The summed E-state index contributed by atoms with van der Waals surface area (Å²) in [6.07, 6.45) is 3.41. The molecule has 3 rings (SSSR count). The summed E-state index contributed by atoms with van der Waals surface area (Å²) in [7, 11) is 1.65. The normalized spacial score (nSPS) is 16.7. The van der Waals surface area contributed by atoms with Gasteiger partial charge in [-0.05, 0) is 37.0 Å². The van der Waals surface area contributed by atoms with E-state index < -0.39 is 11.6 Å². The van der Waals surface area contributed by atoms with E-state index >= 15 is 0 Å². The second-order valence-corrected chi connectivity index (χ2v) is 5.44. The zero-order valence-corrected chi connectivity index (χ0v) is 11.7. The standard InChI is InChI=1S/C15H16F2N2O2/c1-20-15(3-2-4-15)8-12-13(14(18)19-21-12)9-5-10(16)7-11(17)6-9/h5-7H,2-4,8H2,1H3,(H2,18,19). The maximum atomic E-state index is 13.4. The fourth-order valence-electron chi connectivity index (χ4n) is 2.78. The molecule has 112 valence electrons. The van der Waals surface area contributed by atoms with Crippen molar-refractivity contribution in [3.8, 4) is 11.1 Å². The highest BCUT2D eigenvalue weighted by Gasteiger charge is 2.39. The van der Waals surface area contributed by atoms with Crippen LogP contribution in [-0.2, 0) is 11.2 Å². The highest BCUT2D eigenvalue weighted by atomic mass is 19.1. The van der Waals surface area contributed by atoms with Gasteiger partial charge in [-0.1, -0.05) is 5.16 Å². The minimum Gasteiger partial charge on any atom is -0.380 e. The Labute approximate surface area is 120 Å². The molecule has 21 heavy (non-hydrogen) atoms. The van der Waals surface area contributed by atoms with E-state index in [4.69, 9.17) is 15.0 Å². The highest BCUT2D eigenvalue weighted by molar-refractivity contribution is 5.75. The van der Waals surface area contributed by atoms with Crippen molar-refractivity contribution in [1.29, 1.82) is 0 Å². The third-order valence-corrected chi connectivity index (χ3v) is 4.12. The largest absolute Gasteiger partial charge is 0.380 e. The number of rotatable bonds is 4. The lowest BCUT2D eigenvalue weighted by Gasteiger charge is -2.39. The van der Waals surface area contributed by atoms with Gasteiger partial charge < -0.3 is 15.0 Å². The van der Waals surface area contributed by atoms with Crippen LogP contribution in [0, 0.1) is 11.6 Å². The van der Waals surface area contributed by atoms with Gasteiger partial charge >= 0.3 is 0 Å². The first-order valence-corrected chi connectivity index (χ1v) is 6.79. The second kappa shape index (κ2) is 5.11. The Bertz CT molecular complexity index is 640. The van der Waals surface area contributed by atoms with Gasteiger partial charge in [-0.2, -0.15) is 0 Å². The first-order chi connectivity index (χ1) is 10.0. The number of nitrogen functional groups attached to an aromatic ring is 1. The Hall–Kier alpha value is -1.95. The van der Waals surface area contributed by atoms with E-state index in [1.165, 1.54) is 12.1 Å². The molecule has 1 heterocycles. The van der Waals surface area contributed by atoms with Crippen molar-refractivity contribution >= 4 is 5.82 Å². The summed E-state index contributed by atoms with van der Waals surface area (Å²) in [6, 6.07) is 3.25. The van der Waals surface area contributed by atoms with Gasteiger partial charge in [0.1, 0.15) is 17.4 Å². The average Bonchev–Trinajstić information content (AvgIpc) is 2.73. The number of nitrogens with zero attached hydrogens (tertiary/aromatic N) is 1. The van der Waals surface area contributed by atoms with Crippen molar-refractivity contribution < 1.29 is 18.0 Å². The summed E-state index contributed by atoms with van der Waals surface area (Å²) in [6.45, 7) is 0. The SMILES string of the molecule is COC1(Cc2onc(N)c2-c2cc(F)cc(F)c2)CCC1. The maximum absolute atomic E-state index is 13.4. The van der Waals surface area contributed by atoms with Crippen molar-refractivity contribution in [3.05, 3.63) is 35.6 Å². The predicted octanol–water partition coefficient (Wildman–Crippen LogP) is 3.31. The molecule has 1 aliphatic rings. The number of methoxy groups -OCH3 is 1. The number of hydrogen-bond donors (Lipinski definition) is 1. The van der Waals surface area contributed by atoms with Gasteiger partial charge in [0, 0.05) is 19.6 Å². The van der Waals surface area contributed by atoms with Crippen LogP contribution in [0.3, 0.4) is 0 Å². The van der Waals surface area contributed by atoms with Crippen molar-refractivity contribution in [2.45, 2.75) is 31.3 Å². The topological polar surface area (TPSA) is 61.3 Å². The van der Waals surface area contributed by atoms with Crippen LogP contribution in [0.2, 0.25) is 0 Å². The fourth-order valence-corrected chi connectivity index (χ4v) is 2.78. The third kappa shape index (κ3) is 2.51. The van der Waals surface area contributed by atoms with E-state index in [2.05, 4.69) is 5.16 Å². The van der Waals surface area contributed by atoms with E-state index in [0.29, 0.717) is 23.3 Å². The van der Waals surface area contributed by atoms with Crippen LogP contribution in [-0.4, -0.2) is 17.9 Å². The molecule has 2 N–H and O–H groups in total. The van der Waals surface area contributed by atoms with Crippen LogP contribution < -0.4 is 5.73 Å². The smallest absolute Gasteiger partial charge is 0.175 e. The molecule has 0 saturated heterocycles. The van der Waals surface area contributed by atoms with Gasteiger partial charge in [-0.3, -0.25) is 0 Å². The minimum absolute atomic E-state index is 0.126. The lowest BCUT2D eigenvalue weighted by atomic mass is 9.76.